The van der Waals surface area contributed by atoms with E-state index in [4.69, 9.17) is 9.47 Å². The number of allylic oxidation sites excluding steroid dienone is 3. The quantitative estimate of drug-likeness (QED) is 0.0621. The number of methoxy groups -OCH3 is 1. The maximum atomic E-state index is 14.6. The molecule has 3 saturated carbocycles. The van der Waals surface area contributed by atoms with Crippen molar-refractivity contribution in [3.63, 3.8) is 0 Å². The van der Waals surface area contributed by atoms with Gasteiger partial charge in [0.15, 0.2) is 5.78 Å². The van der Waals surface area contributed by atoms with Crippen molar-refractivity contribution in [1.82, 2.24) is 9.91 Å². The molecule has 7 unspecified atom stereocenters. The molecule has 0 spiro atoms. The maximum Gasteiger partial charge on any atom is 0.307 e. The molecule has 8 atom stereocenters. The maximum absolute atomic E-state index is 14.6. The lowest BCUT2D eigenvalue weighted by molar-refractivity contribution is -0.186. The molecule has 0 saturated heterocycles. The molecule has 1 aromatic carbocycles. The molecule has 0 aromatic heterocycles. The number of ether oxygens (including phenoxy) is 2. The number of rotatable bonds is 18. The third kappa shape index (κ3) is 8.57. The molecule has 328 valence electrons. The van der Waals surface area contributed by atoms with Crippen LogP contribution in [0.3, 0.4) is 0 Å². The first-order chi connectivity index (χ1) is 27.7. The zero-order valence-corrected chi connectivity index (χ0v) is 38.9. The normalized spacial score (nSPS) is 31.3. The topological polar surface area (TPSA) is 96.5 Å². The minimum atomic E-state index is -0.734. The van der Waals surface area contributed by atoms with E-state index in [0.29, 0.717) is 24.8 Å². The number of likely N-dealkylation sites (N-methyl/N-ethyl adjacent to an activating group) is 1. The highest BCUT2D eigenvalue weighted by molar-refractivity contribution is 6.01. The fourth-order valence-corrected chi connectivity index (χ4v) is 12.6. The number of carbonyl (C=O) groups is 4. The lowest BCUT2D eigenvalue weighted by Gasteiger charge is -2.70. The molecular weight excluding hydrogens is 739 g/mol. The van der Waals surface area contributed by atoms with Crippen LogP contribution in [0.1, 0.15) is 133 Å². The van der Waals surface area contributed by atoms with Crippen LogP contribution in [-0.2, 0) is 23.9 Å². The SMILES string of the molecule is CCC(CCC1(C)C(C)CCC2(C)C1CCC1C3=C(C(C)C)C(=O)CC3(/C(=C/C=O)N(CCN(C)C)N(C)c3ccc(OC)cc3)CC[C@]12C)OC(=O)CC(C)(C)C=O. The Hall–Kier alpha value is -3.46. The van der Waals surface area contributed by atoms with Crippen molar-refractivity contribution >= 4 is 30.0 Å². The lowest BCUT2D eigenvalue weighted by Crippen LogP contribution is -2.62. The fourth-order valence-electron chi connectivity index (χ4n) is 12.6. The third-order valence-corrected chi connectivity index (χ3v) is 16.4. The summed E-state index contributed by atoms with van der Waals surface area (Å²) in [5.41, 5.74) is 2.92. The molecule has 4 aliphatic carbocycles. The summed E-state index contributed by atoms with van der Waals surface area (Å²) < 4.78 is 11.5. The van der Waals surface area contributed by atoms with E-state index >= 15 is 0 Å². The molecule has 0 amide bonds. The van der Waals surface area contributed by atoms with Crippen LogP contribution >= 0.6 is 0 Å². The number of hydrogen-bond donors (Lipinski definition) is 0. The summed E-state index contributed by atoms with van der Waals surface area (Å²) in [6.45, 7) is 21.5. The zero-order valence-electron chi connectivity index (χ0n) is 38.9. The number of hydrazine groups is 1. The molecule has 4 aliphatic rings. The van der Waals surface area contributed by atoms with Gasteiger partial charge in [0.05, 0.1) is 25.8 Å². The molecule has 5 rings (SSSR count). The summed E-state index contributed by atoms with van der Waals surface area (Å²) >= 11 is 0. The van der Waals surface area contributed by atoms with Crippen LogP contribution in [0.2, 0.25) is 0 Å². The number of Topliss-reactive ketones (excluding diaryl/α,β-unsaturated/α-hetero) is 1. The van der Waals surface area contributed by atoms with Crippen molar-refractivity contribution < 1.29 is 28.7 Å². The highest BCUT2D eigenvalue weighted by Crippen LogP contribution is 2.75. The van der Waals surface area contributed by atoms with Gasteiger partial charge >= 0.3 is 5.97 Å². The molecule has 0 N–H and O–H groups in total. The number of benzene rings is 1. The molecular formula is C50H77N3O6. The van der Waals surface area contributed by atoms with Crippen molar-refractivity contribution in [2.24, 2.45) is 50.7 Å². The molecule has 59 heavy (non-hydrogen) atoms. The van der Waals surface area contributed by atoms with Crippen LogP contribution in [0.15, 0.2) is 47.2 Å². The smallest absolute Gasteiger partial charge is 0.307 e. The number of anilines is 1. The van der Waals surface area contributed by atoms with E-state index in [2.05, 4.69) is 96.7 Å². The van der Waals surface area contributed by atoms with E-state index in [1.165, 1.54) is 5.57 Å². The van der Waals surface area contributed by atoms with Crippen molar-refractivity contribution in [3.8, 4) is 5.75 Å². The van der Waals surface area contributed by atoms with Crippen LogP contribution in [0.4, 0.5) is 5.69 Å². The summed E-state index contributed by atoms with van der Waals surface area (Å²) in [4.78, 5) is 54.2. The molecule has 9 nitrogen and oxygen atoms in total. The first-order valence-electron chi connectivity index (χ1n) is 22.6. The van der Waals surface area contributed by atoms with Gasteiger partial charge in [-0.25, -0.2) is 0 Å². The predicted octanol–water partition coefficient (Wildman–Crippen LogP) is 9.89. The van der Waals surface area contributed by atoms with E-state index < -0.39 is 10.8 Å². The number of fused-ring (bicyclic) bond motifs is 5. The van der Waals surface area contributed by atoms with Gasteiger partial charge in [0.1, 0.15) is 24.4 Å². The summed E-state index contributed by atoms with van der Waals surface area (Å²) in [7, 11) is 7.88. The van der Waals surface area contributed by atoms with Crippen LogP contribution < -0.4 is 9.75 Å². The molecule has 0 bridgehead atoms. The highest BCUT2D eigenvalue weighted by atomic mass is 16.5. The molecule has 0 heterocycles. The Morgan fingerprint density at radius 1 is 0.966 bits per heavy atom. The molecule has 3 fully saturated rings. The van der Waals surface area contributed by atoms with E-state index in [1.807, 2.05) is 12.1 Å². The van der Waals surface area contributed by atoms with Gasteiger partial charge in [-0.05, 0) is 153 Å². The van der Waals surface area contributed by atoms with Crippen molar-refractivity contribution in [2.45, 2.75) is 139 Å². The van der Waals surface area contributed by atoms with Crippen molar-refractivity contribution in [1.29, 1.82) is 0 Å². The summed E-state index contributed by atoms with van der Waals surface area (Å²) in [6, 6.07) is 8.04. The Morgan fingerprint density at radius 2 is 1.64 bits per heavy atom. The van der Waals surface area contributed by atoms with E-state index in [9.17, 15) is 19.2 Å². The Kier molecular flexibility index (Phi) is 14.1. The average Bonchev–Trinajstić information content (AvgIpc) is 3.50. The van der Waals surface area contributed by atoms with Gasteiger partial charge in [-0.3, -0.25) is 24.4 Å². The largest absolute Gasteiger partial charge is 0.497 e. The first-order valence-corrected chi connectivity index (χ1v) is 22.6. The number of nitrogens with zero attached hydrogens (tertiary/aromatic N) is 3. The number of aldehydes is 2. The predicted molar refractivity (Wildman–Crippen MR) is 237 cm³/mol. The average molecular weight is 816 g/mol. The number of ketones is 1. The van der Waals surface area contributed by atoms with E-state index in [0.717, 1.165) is 99.6 Å². The monoisotopic (exact) mass is 816 g/mol. The van der Waals surface area contributed by atoms with Crippen LogP contribution in [-0.4, -0.2) is 81.7 Å². The molecule has 0 radical (unpaired) electrons. The molecule has 1 aromatic rings. The minimum absolute atomic E-state index is 0.0233. The Labute approximate surface area is 356 Å². The minimum Gasteiger partial charge on any atom is -0.497 e. The van der Waals surface area contributed by atoms with Gasteiger partial charge in [0.2, 0.25) is 0 Å². The summed E-state index contributed by atoms with van der Waals surface area (Å²) in [6.07, 6.45) is 12.5. The van der Waals surface area contributed by atoms with Crippen LogP contribution in [0, 0.1) is 50.7 Å². The van der Waals surface area contributed by atoms with Gasteiger partial charge in [-0.2, -0.15) is 0 Å². The summed E-state index contributed by atoms with van der Waals surface area (Å²) in [5, 5.41) is 4.44. The standard InChI is InChI=1S/C50H77N3O6/c1-14-37(59-43(57)32-46(5,6)33-55)22-24-47(7)35(4)21-25-49(9)41(47)20-19-39-45-44(34(2)3)40(56)31-50(45,27-26-48(39,49)8)42(23-30-54)53(29-28-51(10)11)52(12)36-15-17-38(58-13)18-16-36/h15-18,23,30,33-35,37,39,41H,14,19-22,24-29,31-32H2,1-13H3/b42-23-/t35?,37?,39?,41?,47?,48-,49?,50?/m1/s1. The zero-order chi connectivity index (χ0) is 43.7. The Bertz CT molecular complexity index is 1770. The highest BCUT2D eigenvalue weighted by Gasteiger charge is 2.68. The second-order valence-electron chi connectivity index (χ2n) is 20.8. The first kappa shape index (κ1) is 46.6. The van der Waals surface area contributed by atoms with Crippen molar-refractivity contribution in [3.05, 3.63) is 47.2 Å². The van der Waals surface area contributed by atoms with Gasteiger partial charge < -0.3 is 19.2 Å². The van der Waals surface area contributed by atoms with Gasteiger partial charge in [-0.15, -0.1) is 0 Å². The van der Waals surface area contributed by atoms with Crippen LogP contribution in [0.25, 0.3) is 0 Å². The van der Waals surface area contributed by atoms with Gasteiger partial charge in [0.25, 0.3) is 0 Å². The number of esters is 1. The van der Waals surface area contributed by atoms with Gasteiger partial charge in [-0.1, -0.05) is 62.3 Å². The number of carbonyl (C=O) groups excluding carboxylic acids is 4. The van der Waals surface area contributed by atoms with E-state index in [1.54, 1.807) is 27.0 Å². The third-order valence-electron chi connectivity index (χ3n) is 16.4. The molecule has 0 aliphatic heterocycles. The molecule has 9 heteroatoms. The lowest BCUT2D eigenvalue weighted by atomic mass is 9.35. The number of hydrogen-bond acceptors (Lipinski definition) is 9. The fraction of sp³-hybridized carbons (Fsp3) is 0.720. The van der Waals surface area contributed by atoms with Crippen LogP contribution in [0.5, 0.6) is 5.75 Å². The Morgan fingerprint density at radius 3 is 2.22 bits per heavy atom. The van der Waals surface area contributed by atoms with E-state index in [-0.39, 0.29) is 52.4 Å². The summed E-state index contributed by atoms with van der Waals surface area (Å²) in [5.74, 6) is 2.00. The Balaban J connectivity index is 1.54. The second kappa shape index (κ2) is 17.9. The van der Waals surface area contributed by atoms with Crippen molar-refractivity contribution in [2.75, 3.05) is 46.4 Å². The van der Waals surface area contributed by atoms with Gasteiger partial charge in [0, 0.05) is 36.5 Å². The second-order valence-corrected chi connectivity index (χ2v) is 20.8.